The predicted molar refractivity (Wildman–Crippen MR) is 103 cm³/mol. The Bertz CT molecular complexity index is 713. The van der Waals surface area contributed by atoms with Gasteiger partial charge in [0, 0.05) is 24.1 Å². The Morgan fingerprint density at radius 3 is 2.36 bits per heavy atom. The number of carbonyl (C=O) groups excluding carboxylic acids is 1. The van der Waals surface area contributed by atoms with Gasteiger partial charge in [0.25, 0.3) is 5.91 Å². The van der Waals surface area contributed by atoms with E-state index in [-0.39, 0.29) is 12.0 Å². The normalized spacial score (nSPS) is 10.6. The summed E-state index contributed by atoms with van der Waals surface area (Å²) in [4.78, 5) is 15.6. The molecule has 1 amide bonds. The monoisotopic (exact) mass is 359 g/mol. The quantitative estimate of drug-likeness (QED) is 0.684. The summed E-state index contributed by atoms with van der Waals surface area (Å²) in [5.41, 5.74) is 1.68. The first-order valence-electron chi connectivity index (χ1n) is 8.17. The lowest BCUT2D eigenvalue weighted by molar-refractivity contribution is 0.0784. The summed E-state index contributed by atoms with van der Waals surface area (Å²) in [7, 11) is 3.38. The maximum Gasteiger partial charge on any atom is 0.254 e. The number of amides is 1. The molecular weight excluding hydrogens is 334 g/mol. The van der Waals surface area contributed by atoms with E-state index in [0.29, 0.717) is 23.6 Å². The average Bonchev–Trinajstić information content (AvgIpc) is 2.61. The minimum absolute atomic E-state index is 0.0439. The van der Waals surface area contributed by atoms with Crippen molar-refractivity contribution in [2.24, 2.45) is 0 Å². The number of nitrogens with zero attached hydrogens (tertiary/aromatic N) is 1. The first kappa shape index (κ1) is 19.2. The van der Waals surface area contributed by atoms with Gasteiger partial charge in [-0.15, -0.1) is 11.8 Å². The number of carbonyl (C=O) groups is 1. The summed E-state index contributed by atoms with van der Waals surface area (Å²) in [6.45, 7) is 4.46. The zero-order valence-corrected chi connectivity index (χ0v) is 16.2. The minimum Gasteiger partial charge on any atom is -0.493 e. The van der Waals surface area contributed by atoms with Gasteiger partial charge in [-0.2, -0.15) is 0 Å². The van der Waals surface area contributed by atoms with Crippen LogP contribution in [-0.2, 0) is 6.54 Å². The molecule has 0 bridgehead atoms. The summed E-state index contributed by atoms with van der Waals surface area (Å²) in [5, 5.41) is 0. The molecule has 0 unspecified atom stereocenters. The molecule has 0 saturated heterocycles. The molecule has 4 nitrogen and oxygen atoms in total. The van der Waals surface area contributed by atoms with Crippen molar-refractivity contribution in [2.45, 2.75) is 31.4 Å². The third-order valence-electron chi connectivity index (χ3n) is 3.70. The van der Waals surface area contributed by atoms with Gasteiger partial charge >= 0.3 is 0 Å². The van der Waals surface area contributed by atoms with Crippen LogP contribution in [0.2, 0.25) is 0 Å². The van der Waals surface area contributed by atoms with E-state index in [9.17, 15) is 4.79 Å². The summed E-state index contributed by atoms with van der Waals surface area (Å²) >= 11 is 1.70. The molecule has 0 spiro atoms. The van der Waals surface area contributed by atoms with E-state index in [0.717, 1.165) is 5.56 Å². The maximum atomic E-state index is 12.7. The van der Waals surface area contributed by atoms with Crippen LogP contribution in [0, 0.1) is 0 Å². The van der Waals surface area contributed by atoms with Gasteiger partial charge in [-0.25, -0.2) is 0 Å². The van der Waals surface area contributed by atoms with Gasteiger partial charge in [0.05, 0.1) is 13.2 Å². The van der Waals surface area contributed by atoms with E-state index >= 15 is 0 Å². The number of ether oxygens (including phenoxy) is 2. The molecule has 0 aliphatic rings. The second kappa shape index (κ2) is 8.81. The Morgan fingerprint density at radius 2 is 1.80 bits per heavy atom. The van der Waals surface area contributed by atoms with Crippen molar-refractivity contribution in [1.29, 1.82) is 0 Å². The highest BCUT2D eigenvalue weighted by Gasteiger charge is 2.16. The van der Waals surface area contributed by atoms with Crippen molar-refractivity contribution in [1.82, 2.24) is 4.90 Å². The fraction of sp³-hybridized carbons (Fsp3) is 0.350. The van der Waals surface area contributed by atoms with Gasteiger partial charge in [-0.05, 0) is 56.0 Å². The molecule has 0 fully saturated rings. The topological polar surface area (TPSA) is 38.8 Å². The van der Waals surface area contributed by atoms with Crippen LogP contribution >= 0.6 is 11.8 Å². The van der Waals surface area contributed by atoms with Gasteiger partial charge in [-0.1, -0.05) is 12.1 Å². The molecule has 2 rings (SSSR count). The first-order chi connectivity index (χ1) is 11.9. The van der Waals surface area contributed by atoms with Crippen LogP contribution in [0.25, 0.3) is 0 Å². The van der Waals surface area contributed by atoms with E-state index in [1.165, 1.54) is 4.90 Å². The summed E-state index contributed by atoms with van der Waals surface area (Å²) in [6.07, 6.45) is 2.09. The Labute approximate surface area is 154 Å². The minimum atomic E-state index is -0.0525. The third-order valence-corrected chi connectivity index (χ3v) is 4.44. The maximum absolute atomic E-state index is 12.7. The Morgan fingerprint density at radius 1 is 1.12 bits per heavy atom. The Hall–Kier alpha value is -2.14. The predicted octanol–water partition coefficient (Wildman–Crippen LogP) is 4.48. The Balaban J connectivity index is 2.12. The molecule has 0 N–H and O–H groups in total. The van der Waals surface area contributed by atoms with Crippen molar-refractivity contribution in [3.8, 4) is 11.5 Å². The molecule has 0 atom stereocenters. The number of thioether (sulfide) groups is 1. The van der Waals surface area contributed by atoms with Crippen LogP contribution in [0.15, 0.2) is 47.4 Å². The molecule has 0 heterocycles. The molecule has 0 aliphatic carbocycles. The van der Waals surface area contributed by atoms with E-state index in [1.54, 1.807) is 49.0 Å². The van der Waals surface area contributed by atoms with Crippen molar-refractivity contribution < 1.29 is 14.3 Å². The first-order valence-corrected chi connectivity index (χ1v) is 9.40. The molecule has 0 saturated carbocycles. The number of methoxy groups -OCH3 is 1. The number of rotatable bonds is 7. The smallest absolute Gasteiger partial charge is 0.254 e. The molecule has 0 aromatic heterocycles. The molecule has 134 valence electrons. The zero-order valence-electron chi connectivity index (χ0n) is 15.4. The fourth-order valence-electron chi connectivity index (χ4n) is 2.45. The SMILES string of the molecule is COc1cc(C(=O)N(C)Cc2ccc(SC)cc2)ccc1OC(C)C. The number of hydrogen-bond acceptors (Lipinski definition) is 4. The van der Waals surface area contributed by atoms with Crippen LogP contribution in [0.4, 0.5) is 0 Å². The van der Waals surface area contributed by atoms with E-state index in [2.05, 4.69) is 24.3 Å². The number of hydrogen-bond donors (Lipinski definition) is 0. The van der Waals surface area contributed by atoms with E-state index < -0.39 is 0 Å². The molecule has 5 heteroatoms. The Kier molecular flexibility index (Phi) is 6.76. The average molecular weight is 359 g/mol. The van der Waals surface area contributed by atoms with Gasteiger partial charge < -0.3 is 14.4 Å². The molecule has 0 radical (unpaired) electrons. The van der Waals surface area contributed by atoms with Gasteiger partial charge in [-0.3, -0.25) is 4.79 Å². The fourth-order valence-corrected chi connectivity index (χ4v) is 2.86. The summed E-state index contributed by atoms with van der Waals surface area (Å²) < 4.78 is 11.1. The summed E-state index contributed by atoms with van der Waals surface area (Å²) in [6, 6.07) is 13.5. The molecule has 25 heavy (non-hydrogen) atoms. The van der Waals surface area contributed by atoms with E-state index in [4.69, 9.17) is 9.47 Å². The van der Waals surface area contributed by atoms with Gasteiger partial charge in [0.1, 0.15) is 0 Å². The zero-order chi connectivity index (χ0) is 18.4. The highest BCUT2D eigenvalue weighted by molar-refractivity contribution is 7.98. The van der Waals surface area contributed by atoms with Crippen LogP contribution in [-0.4, -0.2) is 37.3 Å². The molecule has 0 aliphatic heterocycles. The van der Waals surface area contributed by atoms with Crippen molar-refractivity contribution >= 4 is 17.7 Å². The van der Waals surface area contributed by atoms with Gasteiger partial charge in [0.2, 0.25) is 0 Å². The van der Waals surface area contributed by atoms with Crippen LogP contribution in [0.5, 0.6) is 11.5 Å². The van der Waals surface area contributed by atoms with Crippen molar-refractivity contribution in [3.63, 3.8) is 0 Å². The molecule has 2 aromatic rings. The van der Waals surface area contributed by atoms with Gasteiger partial charge in [0.15, 0.2) is 11.5 Å². The second-order valence-corrected chi connectivity index (χ2v) is 6.92. The van der Waals surface area contributed by atoms with Crippen molar-refractivity contribution in [2.75, 3.05) is 20.4 Å². The third kappa shape index (κ3) is 5.16. The largest absolute Gasteiger partial charge is 0.493 e. The lowest BCUT2D eigenvalue weighted by Gasteiger charge is -2.19. The molecule has 2 aromatic carbocycles. The lowest BCUT2D eigenvalue weighted by Crippen LogP contribution is -2.26. The highest BCUT2D eigenvalue weighted by Crippen LogP contribution is 2.29. The molecular formula is C20H25NO3S. The number of benzene rings is 2. The van der Waals surface area contributed by atoms with Crippen molar-refractivity contribution in [3.05, 3.63) is 53.6 Å². The van der Waals surface area contributed by atoms with Crippen LogP contribution < -0.4 is 9.47 Å². The van der Waals surface area contributed by atoms with Crippen LogP contribution in [0.1, 0.15) is 29.8 Å². The standard InChI is InChI=1S/C20H25NO3S/c1-14(2)24-18-11-8-16(12-19(18)23-4)20(22)21(3)13-15-6-9-17(25-5)10-7-15/h6-12,14H,13H2,1-5H3. The lowest BCUT2D eigenvalue weighted by atomic mass is 10.1. The summed E-state index contributed by atoms with van der Waals surface area (Å²) in [5.74, 6) is 1.16. The van der Waals surface area contributed by atoms with E-state index in [1.807, 2.05) is 20.1 Å². The second-order valence-electron chi connectivity index (χ2n) is 6.04. The van der Waals surface area contributed by atoms with Crippen LogP contribution in [0.3, 0.4) is 0 Å². The highest BCUT2D eigenvalue weighted by atomic mass is 32.2.